The topological polar surface area (TPSA) is 69.9 Å². The van der Waals surface area contributed by atoms with Gasteiger partial charge >= 0.3 is 10.2 Å². The van der Waals surface area contributed by atoms with Gasteiger partial charge in [-0.1, -0.05) is 24.3 Å². The maximum atomic E-state index is 14.4. The molecule has 2 aromatic rings. The molecular formula is C19H25Cl2FN4O2S. The van der Waals surface area contributed by atoms with Crippen molar-refractivity contribution < 1.29 is 12.8 Å². The van der Waals surface area contributed by atoms with Crippen molar-refractivity contribution >= 4 is 52.1 Å². The maximum Gasteiger partial charge on any atom is 0.331 e. The molecule has 2 aliphatic rings. The molecule has 0 spiro atoms. The van der Waals surface area contributed by atoms with Gasteiger partial charge in [-0.15, -0.1) is 24.8 Å². The lowest BCUT2D eigenvalue weighted by Crippen LogP contribution is -2.45. The smallest absolute Gasteiger partial charge is 0.328 e. The van der Waals surface area contributed by atoms with Gasteiger partial charge in [-0.2, -0.15) is 8.42 Å². The van der Waals surface area contributed by atoms with E-state index >= 15 is 0 Å². The Balaban J connectivity index is 0.00000150. The molecule has 0 unspecified atom stereocenters. The number of nitrogens with zero attached hydrogens (tertiary/aromatic N) is 3. The number of piperidine rings is 1. The van der Waals surface area contributed by atoms with E-state index in [2.05, 4.69) is 4.90 Å². The van der Waals surface area contributed by atoms with Crippen molar-refractivity contribution in [3.8, 4) is 0 Å². The molecule has 0 aromatic heterocycles. The van der Waals surface area contributed by atoms with Gasteiger partial charge in [-0.25, -0.2) is 13.0 Å². The lowest BCUT2D eigenvalue weighted by molar-refractivity contribution is 0.219. The Hall–Kier alpha value is -1.58. The molecule has 0 saturated carbocycles. The fraction of sp³-hybridized carbons (Fsp3) is 0.368. The number of hydrogen-bond donors (Lipinski definition) is 1. The van der Waals surface area contributed by atoms with E-state index in [1.165, 1.54) is 16.4 Å². The van der Waals surface area contributed by atoms with Gasteiger partial charge in [-0.3, -0.25) is 0 Å². The number of anilines is 3. The standard InChI is InChI=1S/C19H23FN4O2S.2ClH/c20-16-5-1-2-6-17(16)24-19-8-4-3-7-18(19)23(27(24,25)26)14-13-22-11-9-15(21)10-12-22;;/h1-8,15H,9-14,21H2;2*1H. The Labute approximate surface area is 183 Å². The zero-order valence-corrected chi connectivity index (χ0v) is 18.2. The summed E-state index contributed by atoms with van der Waals surface area (Å²) >= 11 is 0. The monoisotopic (exact) mass is 462 g/mol. The summed E-state index contributed by atoms with van der Waals surface area (Å²) in [6.07, 6.45) is 1.84. The molecule has 160 valence electrons. The van der Waals surface area contributed by atoms with Gasteiger partial charge in [0.2, 0.25) is 0 Å². The second kappa shape index (κ2) is 9.49. The second-order valence-electron chi connectivity index (χ2n) is 6.96. The fourth-order valence-corrected chi connectivity index (χ4v) is 5.42. The molecule has 0 bridgehead atoms. The Kier molecular flexibility index (Phi) is 7.75. The molecule has 29 heavy (non-hydrogen) atoms. The molecule has 2 aliphatic heterocycles. The average molecular weight is 463 g/mol. The molecule has 6 nitrogen and oxygen atoms in total. The fourth-order valence-electron chi connectivity index (χ4n) is 3.71. The Morgan fingerprint density at radius 3 is 2.07 bits per heavy atom. The maximum absolute atomic E-state index is 14.4. The SMILES string of the molecule is Cl.Cl.NC1CCN(CCN2c3ccccc3N(c3ccccc3F)S2(=O)=O)CC1. The molecule has 2 aromatic carbocycles. The van der Waals surface area contributed by atoms with Crippen molar-refractivity contribution in [1.82, 2.24) is 4.90 Å². The van der Waals surface area contributed by atoms with Gasteiger partial charge in [0.15, 0.2) is 0 Å². The highest BCUT2D eigenvalue weighted by Gasteiger charge is 2.42. The molecular weight excluding hydrogens is 438 g/mol. The van der Waals surface area contributed by atoms with Gasteiger partial charge in [-0.05, 0) is 50.2 Å². The highest BCUT2D eigenvalue weighted by Crippen LogP contribution is 2.45. The first-order valence-corrected chi connectivity index (χ1v) is 10.5. The minimum Gasteiger partial charge on any atom is -0.328 e. The van der Waals surface area contributed by atoms with Crippen LogP contribution in [0.5, 0.6) is 0 Å². The van der Waals surface area contributed by atoms with Crippen LogP contribution in [0.1, 0.15) is 12.8 Å². The average Bonchev–Trinajstić information content (AvgIpc) is 2.88. The number of nitrogens with two attached hydrogens (primary N) is 1. The van der Waals surface area contributed by atoms with Crippen LogP contribution in [-0.4, -0.2) is 45.5 Å². The van der Waals surface area contributed by atoms with E-state index in [-0.39, 0.29) is 36.5 Å². The van der Waals surface area contributed by atoms with Crippen LogP contribution in [0.4, 0.5) is 21.5 Å². The predicted octanol–water partition coefficient (Wildman–Crippen LogP) is 3.30. The molecule has 2 heterocycles. The third kappa shape index (κ3) is 4.46. The summed E-state index contributed by atoms with van der Waals surface area (Å²) in [5.74, 6) is -0.567. The molecule has 4 rings (SSSR count). The van der Waals surface area contributed by atoms with E-state index in [0.717, 1.165) is 30.2 Å². The number of halogens is 3. The Bertz CT molecular complexity index is 939. The number of fused-ring (bicyclic) bond motifs is 1. The summed E-state index contributed by atoms with van der Waals surface area (Å²) in [7, 11) is -3.90. The van der Waals surface area contributed by atoms with E-state index in [9.17, 15) is 12.8 Å². The van der Waals surface area contributed by atoms with E-state index in [4.69, 9.17) is 5.73 Å². The number of benzene rings is 2. The number of para-hydroxylation sites is 3. The largest absolute Gasteiger partial charge is 0.331 e. The quantitative estimate of drug-likeness (QED) is 0.756. The van der Waals surface area contributed by atoms with Crippen molar-refractivity contribution in [3.05, 3.63) is 54.3 Å². The third-order valence-corrected chi connectivity index (χ3v) is 6.99. The molecule has 0 atom stereocenters. The number of likely N-dealkylation sites (tertiary alicyclic amines) is 1. The van der Waals surface area contributed by atoms with Crippen molar-refractivity contribution in [2.75, 3.05) is 34.8 Å². The van der Waals surface area contributed by atoms with E-state index in [0.29, 0.717) is 24.5 Å². The van der Waals surface area contributed by atoms with Gasteiger partial charge in [0.05, 0.1) is 17.1 Å². The number of rotatable bonds is 4. The van der Waals surface area contributed by atoms with Crippen LogP contribution >= 0.6 is 24.8 Å². The van der Waals surface area contributed by atoms with Crippen molar-refractivity contribution in [2.45, 2.75) is 18.9 Å². The summed E-state index contributed by atoms with van der Waals surface area (Å²) in [5, 5.41) is 0. The highest BCUT2D eigenvalue weighted by molar-refractivity contribution is 7.95. The van der Waals surface area contributed by atoms with E-state index in [1.807, 2.05) is 0 Å². The minimum atomic E-state index is -3.90. The first-order valence-electron chi connectivity index (χ1n) is 9.13. The van der Waals surface area contributed by atoms with Gasteiger partial charge in [0.1, 0.15) is 5.82 Å². The van der Waals surface area contributed by atoms with Crippen LogP contribution in [0, 0.1) is 5.82 Å². The van der Waals surface area contributed by atoms with Gasteiger partial charge < -0.3 is 10.6 Å². The predicted molar refractivity (Wildman–Crippen MR) is 119 cm³/mol. The molecule has 1 saturated heterocycles. The lowest BCUT2D eigenvalue weighted by atomic mass is 10.1. The summed E-state index contributed by atoms with van der Waals surface area (Å²) in [6, 6.07) is 13.2. The van der Waals surface area contributed by atoms with E-state index < -0.39 is 16.0 Å². The zero-order valence-electron chi connectivity index (χ0n) is 15.8. The molecule has 0 aliphatic carbocycles. The summed E-state index contributed by atoms with van der Waals surface area (Å²) in [5.41, 5.74) is 7.03. The Morgan fingerprint density at radius 1 is 0.897 bits per heavy atom. The summed E-state index contributed by atoms with van der Waals surface area (Å²) in [4.78, 5) is 2.23. The van der Waals surface area contributed by atoms with Gasteiger partial charge in [0, 0.05) is 19.1 Å². The van der Waals surface area contributed by atoms with Crippen molar-refractivity contribution in [1.29, 1.82) is 0 Å². The lowest BCUT2D eigenvalue weighted by Gasteiger charge is -2.31. The van der Waals surface area contributed by atoms with Crippen LogP contribution in [0.3, 0.4) is 0 Å². The minimum absolute atomic E-state index is 0. The van der Waals surface area contributed by atoms with Crippen LogP contribution in [-0.2, 0) is 10.2 Å². The van der Waals surface area contributed by atoms with Crippen LogP contribution in [0.2, 0.25) is 0 Å². The second-order valence-corrected chi connectivity index (χ2v) is 8.67. The van der Waals surface area contributed by atoms with Crippen LogP contribution < -0.4 is 14.3 Å². The third-order valence-electron chi connectivity index (χ3n) is 5.20. The molecule has 0 radical (unpaired) electrons. The molecule has 2 N–H and O–H groups in total. The Morgan fingerprint density at radius 2 is 1.45 bits per heavy atom. The molecule has 10 heteroatoms. The summed E-state index contributed by atoms with van der Waals surface area (Å²) in [6.45, 7) is 2.67. The zero-order chi connectivity index (χ0) is 19.0. The first kappa shape index (κ1) is 23.7. The van der Waals surface area contributed by atoms with Crippen molar-refractivity contribution in [3.63, 3.8) is 0 Å². The first-order chi connectivity index (χ1) is 13.0. The van der Waals surface area contributed by atoms with Crippen LogP contribution in [0.15, 0.2) is 48.5 Å². The van der Waals surface area contributed by atoms with Gasteiger partial charge in [0.25, 0.3) is 0 Å². The van der Waals surface area contributed by atoms with Crippen molar-refractivity contribution in [2.24, 2.45) is 5.73 Å². The summed E-state index contributed by atoms with van der Waals surface area (Å²) < 4.78 is 43.4. The molecule has 0 amide bonds. The number of hydrogen-bond acceptors (Lipinski definition) is 4. The van der Waals surface area contributed by atoms with E-state index in [1.54, 1.807) is 36.4 Å². The van der Waals surface area contributed by atoms with Crippen LogP contribution in [0.25, 0.3) is 0 Å². The molecule has 1 fully saturated rings. The normalized spacial score (nSPS) is 18.7. The highest BCUT2D eigenvalue weighted by atomic mass is 35.5.